The van der Waals surface area contributed by atoms with Crippen LogP contribution in [0.2, 0.25) is 0 Å². The first kappa shape index (κ1) is 17.3. The Labute approximate surface area is 155 Å². The number of aromatic nitrogens is 1. The molecule has 1 aliphatic carbocycles. The van der Waals surface area contributed by atoms with E-state index in [1.54, 1.807) is 0 Å². The number of rotatable bonds is 5. The molecule has 0 bridgehead atoms. The van der Waals surface area contributed by atoms with Crippen LogP contribution in [-0.2, 0) is 14.8 Å². The summed E-state index contributed by atoms with van der Waals surface area (Å²) in [5.41, 5.74) is 2.47. The van der Waals surface area contributed by atoms with Gasteiger partial charge in [-0.2, -0.15) is 0 Å². The standard InChI is InChI=1S/C17H19N3O4S2/c1-10(21)18-14-6-7-24-16-5-2-11(8-13(14)16)15-9-25-17(19-15)20-26(22,23)12-3-4-12/h2,5,8-9,12,14H,3-4,6-7H2,1H3,(H,18,21)(H,19,20). The SMILES string of the molecule is CC(=O)NC1CCOc2ccc(-c3csc(NS(=O)(=O)C4CC4)n3)cc21. The first-order valence-corrected chi connectivity index (χ1v) is 10.9. The molecule has 7 nitrogen and oxygen atoms in total. The number of fused-ring (bicyclic) bond motifs is 1. The number of ether oxygens (including phenoxy) is 1. The summed E-state index contributed by atoms with van der Waals surface area (Å²) in [6, 6.07) is 5.61. The van der Waals surface area contributed by atoms with Crippen molar-refractivity contribution in [1.29, 1.82) is 0 Å². The second kappa shape index (κ2) is 6.55. The lowest BCUT2D eigenvalue weighted by Gasteiger charge is -2.26. The maximum Gasteiger partial charge on any atom is 0.237 e. The fraction of sp³-hybridized carbons (Fsp3) is 0.412. The van der Waals surface area contributed by atoms with Gasteiger partial charge in [0.2, 0.25) is 15.9 Å². The van der Waals surface area contributed by atoms with E-state index in [1.165, 1.54) is 18.3 Å². The molecule has 1 aromatic heterocycles. The lowest BCUT2D eigenvalue weighted by molar-refractivity contribution is -0.119. The molecule has 1 aromatic carbocycles. The van der Waals surface area contributed by atoms with Crippen LogP contribution in [-0.4, -0.2) is 31.2 Å². The zero-order chi connectivity index (χ0) is 18.3. The summed E-state index contributed by atoms with van der Waals surface area (Å²) in [5.74, 6) is 0.669. The Balaban J connectivity index is 1.59. The van der Waals surface area contributed by atoms with Crippen LogP contribution in [0.4, 0.5) is 5.13 Å². The lowest BCUT2D eigenvalue weighted by atomic mass is 9.97. The number of nitrogens with one attached hydrogen (secondary N) is 2. The number of hydrogen-bond acceptors (Lipinski definition) is 6. The van der Waals surface area contributed by atoms with Gasteiger partial charge in [-0.15, -0.1) is 11.3 Å². The molecule has 1 atom stereocenters. The van der Waals surface area contributed by atoms with Crippen LogP contribution >= 0.6 is 11.3 Å². The van der Waals surface area contributed by atoms with E-state index in [2.05, 4.69) is 15.0 Å². The van der Waals surface area contributed by atoms with Gasteiger partial charge in [0.05, 0.1) is 23.6 Å². The van der Waals surface area contributed by atoms with Crippen molar-refractivity contribution in [1.82, 2.24) is 10.3 Å². The summed E-state index contributed by atoms with van der Waals surface area (Å²) in [6.45, 7) is 2.05. The number of hydrogen-bond donors (Lipinski definition) is 2. The van der Waals surface area contributed by atoms with Crippen LogP contribution in [0, 0.1) is 0 Å². The van der Waals surface area contributed by atoms with Gasteiger partial charge in [0.15, 0.2) is 5.13 Å². The number of benzene rings is 1. The van der Waals surface area contributed by atoms with Gasteiger partial charge in [0, 0.05) is 29.9 Å². The van der Waals surface area contributed by atoms with Gasteiger partial charge in [-0.25, -0.2) is 13.4 Å². The molecule has 2 N–H and O–H groups in total. The zero-order valence-corrected chi connectivity index (χ0v) is 15.8. The molecule has 4 rings (SSSR count). The third-order valence-corrected chi connectivity index (χ3v) is 7.13. The molecule has 1 amide bonds. The summed E-state index contributed by atoms with van der Waals surface area (Å²) < 4.78 is 32.3. The van der Waals surface area contributed by atoms with E-state index >= 15 is 0 Å². The van der Waals surface area contributed by atoms with Crippen LogP contribution in [0.15, 0.2) is 23.6 Å². The second-order valence-corrected chi connectivity index (χ2v) is 9.35. The number of sulfonamides is 1. The van der Waals surface area contributed by atoms with Gasteiger partial charge < -0.3 is 10.1 Å². The summed E-state index contributed by atoms with van der Waals surface area (Å²) in [7, 11) is -3.32. The molecule has 1 unspecified atom stereocenters. The van der Waals surface area contributed by atoms with Crippen LogP contribution in [0.5, 0.6) is 5.75 Å². The number of nitrogens with zero attached hydrogens (tertiary/aromatic N) is 1. The molecule has 0 saturated heterocycles. The molecule has 1 fully saturated rings. The van der Waals surface area contributed by atoms with Crippen LogP contribution in [0.25, 0.3) is 11.3 Å². The molecule has 26 heavy (non-hydrogen) atoms. The predicted molar refractivity (Wildman–Crippen MR) is 99.8 cm³/mol. The minimum Gasteiger partial charge on any atom is -0.493 e. The largest absolute Gasteiger partial charge is 0.493 e. The van der Waals surface area contributed by atoms with Crippen LogP contribution in [0.1, 0.15) is 37.8 Å². The fourth-order valence-electron chi connectivity index (χ4n) is 2.99. The highest BCUT2D eigenvalue weighted by molar-refractivity contribution is 7.93. The molecular weight excluding hydrogens is 374 g/mol. The molecule has 1 saturated carbocycles. The Bertz CT molecular complexity index is 951. The number of carbonyl (C=O) groups excluding carboxylic acids is 1. The van der Waals surface area contributed by atoms with Crippen molar-refractivity contribution in [2.24, 2.45) is 0 Å². The monoisotopic (exact) mass is 393 g/mol. The molecule has 2 aromatic rings. The Kier molecular flexibility index (Phi) is 4.36. The second-order valence-electron chi connectivity index (χ2n) is 6.53. The first-order chi connectivity index (χ1) is 12.4. The van der Waals surface area contributed by atoms with E-state index in [-0.39, 0.29) is 17.2 Å². The highest BCUT2D eigenvalue weighted by atomic mass is 32.2. The molecule has 0 radical (unpaired) electrons. The summed E-state index contributed by atoms with van der Waals surface area (Å²) >= 11 is 1.26. The van der Waals surface area contributed by atoms with E-state index in [0.29, 0.717) is 36.7 Å². The summed E-state index contributed by atoms with van der Waals surface area (Å²) in [6.07, 6.45) is 2.13. The third-order valence-electron chi connectivity index (χ3n) is 4.42. The lowest BCUT2D eigenvalue weighted by Crippen LogP contribution is -2.30. The molecule has 1 aliphatic heterocycles. The number of carbonyl (C=O) groups is 1. The summed E-state index contributed by atoms with van der Waals surface area (Å²) in [4.78, 5) is 15.9. The van der Waals surface area contributed by atoms with Gasteiger partial charge >= 0.3 is 0 Å². The van der Waals surface area contributed by atoms with E-state index in [4.69, 9.17) is 4.74 Å². The molecule has 138 valence electrons. The minimum atomic E-state index is -3.32. The Hall–Kier alpha value is -2.13. The van der Waals surface area contributed by atoms with E-state index in [9.17, 15) is 13.2 Å². The molecule has 2 aliphatic rings. The average Bonchev–Trinajstić information content (AvgIpc) is 3.36. The molecule has 0 spiro atoms. The highest BCUT2D eigenvalue weighted by Crippen LogP contribution is 2.37. The minimum absolute atomic E-state index is 0.0846. The maximum absolute atomic E-state index is 12.0. The van der Waals surface area contributed by atoms with Crippen molar-refractivity contribution >= 4 is 32.4 Å². The number of anilines is 1. The number of thiazole rings is 1. The zero-order valence-electron chi connectivity index (χ0n) is 14.2. The third kappa shape index (κ3) is 3.54. The van der Waals surface area contributed by atoms with Gasteiger partial charge in [-0.1, -0.05) is 0 Å². The highest BCUT2D eigenvalue weighted by Gasteiger charge is 2.36. The Morgan fingerprint density at radius 2 is 2.12 bits per heavy atom. The predicted octanol–water partition coefficient (Wildman–Crippen LogP) is 2.67. The Morgan fingerprint density at radius 3 is 2.85 bits per heavy atom. The van der Waals surface area contributed by atoms with Gasteiger partial charge in [0.1, 0.15) is 5.75 Å². The van der Waals surface area contributed by atoms with Crippen LogP contribution < -0.4 is 14.8 Å². The normalized spacial score (nSPS) is 19.3. The molecule has 2 heterocycles. The van der Waals surface area contributed by atoms with E-state index in [0.717, 1.165) is 16.9 Å². The van der Waals surface area contributed by atoms with Crippen molar-refractivity contribution in [2.75, 3.05) is 11.3 Å². The maximum atomic E-state index is 12.0. The topological polar surface area (TPSA) is 97.4 Å². The number of amides is 1. The smallest absolute Gasteiger partial charge is 0.237 e. The summed E-state index contributed by atoms with van der Waals surface area (Å²) in [5, 5.41) is 4.86. The van der Waals surface area contributed by atoms with Crippen molar-refractivity contribution in [2.45, 2.75) is 37.5 Å². The van der Waals surface area contributed by atoms with Gasteiger partial charge in [-0.3, -0.25) is 9.52 Å². The van der Waals surface area contributed by atoms with E-state index < -0.39 is 10.0 Å². The molecule has 9 heteroatoms. The quantitative estimate of drug-likeness (QED) is 0.814. The molecular formula is C17H19N3O4S2. The van der Waals surface area contributed by atoms with Crippen molar-refractivity contribution in [3.8, 4) is 17.0 Å². The van der Waals surface area contributed by atoms with Gasteiger partial charge in [-0.05, 0) is 31.0 Å². The van der Waals surface area contributed by atoms with Crippen molar-refractivity contribution < 1.29 is 17.9 Å². The fourth-order valence-corrected chi connectivity index (χ4v) is 5.30. The van der Waals surface area contributed by atoms with Gasteiger partial charge in [0.25, 0.3) is 0 Å². The Morgan fingerprint density at radius 1 is 1.31 bits per heavy atom. The average molecular weight is 393 g/mol. The van der Waals surface area contributed by atoms with Crippen molar-refractivity contribution in [3.63, 3.8) is 0 Å². The van der Waals surface area contributed by atoms with E-state index in [1.807, 2.05) is 23.6 Å². The van der Waals surface area contributed by atoms with Crippen molar-refractivity contribution in [3.05, 3.63) is 29.1 Å². The first-order valence-electron chi connectivity index (χ1n) is 8.44. The van der Waals surface area contributed by atoms with Crippen LogP contribution in [0.3, 0.4) is 0 Å².